The average Bonchev–Trinajstić information content (AvgIpc) is 3.27. The van der Waals surface area contributed by atoms with Gasteiger partial charge < -0.3 is 9.80 Å². The molecule has 0 spiro atoms. The number of urea groups is 1. The highest BCUT2D eigenvalue weighted by Gasteiger charge is 2.55. The van der Waals surface area contributed by atoms with Gasteiger partial charge in [-0.25, -0.2) is 9.79 Å². The molecule has 0 aromatic heterocycles. The number of allylic oxidation sites excluding steroid dienone is 2. The Morgan fingerprint density at radius 3 is 2.52 bits per heavy atom. The normalized spacial score (nSPS) is 23.2. The molecule has 7 nitrogen and oxygen atoms in total. The molecule has 31 heavy (non-hydrogen) atoms. The Bertz CT molecular complexity index is 1150. The lowest BCUT2D eigenvalue weighted by Crippen LogP contribution is -2.64. The molecular formula is C23H24ClN5O2. The quantitative estimate of drug-likeness (QED) is 0.688. The first-order valence-corrected chi connectivity index (χ1v) is 10.9. The lowest BCUT2D eigenvalue weighted by Gasteiger charge is -2.41. The summed E-state index contributed by atoms with van der Waals surface area (Å²) >= 11 is 6.00. The number of alkyl halides is 1. The number of guanidine groups is 1. The van der Waals surface area contributed by atoms with Gasteiger partial charge in [0.1, 0.15) is 0 Å². The van der Waals surface area contributed by atoms with E-state index in [4.69, 9.17) is 16.6 Å². The molecule has 160 valence electrons. The van der Waals surface area contributed by atoms with E-state index >= 15 is 0 Å². The van der Waals surface area contributed by atoms with Crippen molar-refractivity contribution < 1.29 is 9.59 Å². The molecular weight excluding hydrogens is 414 g/mol. The summed E-state index contributed by atoms with van der Waals surface area (Å²) in [4.78, 5) is 38.5. The van der Waals surface area contributed by atoms with E-state index in [-0.39, 0.29) is 18.5 Å². The Hall–Kier alpha value is -3.06. The zero-order valence-corrected chi connectivity index (χ0v) is 18.5. The van der Waals surface area contributed by atoms with Crippen LogP contribution in [0.2, 0.25) is 0 Å². The third-order valence-electron chi connectivity index (χ3n) is 6.52. The third-order valence-corrected chi connectivity index (χ3v) is 6.69. The molecule has 3 amide bonds. The van der Waals surface area contributed by atoms with Gasteiger partial charge in [0.25, 0.3) is 5.91 Å². The molecule has 0 aliphatic carbocycles. The Morgan fingerprint density at radius 2 is 1.74 bits per heavy atom. The number of hydrogen-bond donors (Lipinski definition) is 0. The first-order valence-electron chi connectivity index (χ1n) is 10.4. The summed E-state index contributed by atoms with van der Waals surface area (Å²) in [5.41, 5.74) is 2.95. The topological polar surface area (TPSA) is 59.5 Å². The molecule has 2 aromatic rings. The van der Waals surface area contributed by atoms with Gasteiger partial charge in [-0.1, -0.05) is 42.5 Å². The van der Waals surface area contributed by atoms with E-state index in [1.165, 1.54) is 4.90 Å². The van der Waals surface area contributed by atoms with E-state index in [9.17, 15) is 9.59 Å². The minimum atomic E-state index is -0.567. The summed E-state index contributed by atoms with van der Waals surface area (Å²) in [6, 6.07) is 13.1. The van der Waals surface area contributed by atoms with Crippen molar-refractivity contribution in [2.24, 2.45) is 4.99 Å². The number of hydrogen-bond acceptors (Lipinski definition) is 5. The zero-order valence-electron chi connectivity index (χ0n) is 17.7. The second kappa shape index (κ2) is 7.27. The van der Waals surface area contributed by atoms with Crippen LogP contribution in [0.3, 0.4) is 0 Å². The molecule has 3 aliphatic heterocycles. The third kappa shape index (κ3) is 2.83. The molecule has 1 saturated heterocycles. The predicted octanol–water partition coefficient (Wildman–Crippen LogP) is 3.41. The maximum atomic E-state index is 13.7. The van der Waals surface area contributed by atoms with Crippen LogP contribution in [0.25, 0.3) is 10.8 Å². The molecule has 2 unspecified atom stereocenters. The van der Waals surface area contributed by atoms with Gasteiger partial charge in [0.2, 0.25) is 5.96 Å². The molecule has 3 heterocycles. The van der Waals surface area contributed by atoms with Gasteiger partial charge in [-0.05, 0) is 30.2 Å². The highest BCUT2D eigenvalue weighted by atomic mass is 35.5. The minimum absolute atomic E-state index is 0.223. The number of carbonyl (C=O) groups excluding carboxylic acids is 2. The Kier molecular flexibility index (Phi) is 4.66. The summed E-state index contributed by atoms with van der Waals surface area (Å²) in [7, 11) is 1.71. The van der Waals surface area contributed by atoms with E-state index in [2.05, 4.69) is 0 Å². The number of rotatable bonds is 4. The van der Waals surface area contributed by atoms with E-state index in [1.54, 1.807) is 11.9 Å². The van der Waals surface area contributed by atoms with Crippen LogP contribution >= 0.6 is 11.6 Å². The summed E-state index contributed by atoms with van der Waals surface area (Å²) in [6.45, 7) is 4.82. The van der Waals surface area contributed by atoms with Crippen LogP contribution in [0.5, 0.6) is 0 Å². The Morgan fingerprint density at radius 1 is 1.00 bits per heavy atom. The lowest BCUT2D eigenvalue weighted by atomic mass is 10.0. The number of fused-ring (bicyclic) bond motifs is 4. The van der Waals surface area contributed by atoms with Crippen LogP contribution < -0.4 is 0 Å². The molecule has 0 N–H and O–H groups in total. The fraction of sp³-hybridized carbons (Fsp3) is 0.348. The van der Waals surface area contributed by atoms with Gasteiger partial charge in [0.05, 0.1) is 6.54 Å². The number of aliphatic imine (C=N–C) groups is 1. The summed E-state index contributed by atoms with van der Waals surface area (Å²) in [5.74, 6) is 0.924. The van der Waals surface area contributed by atoms with Crippen molar-refractivity contribution in [3.05, 3.63) is 59.4 Å². The molecule has 0 saturated carbocycles. The Balaban J connectivity index is 1.51. The smallest absolute Gasteiger partial charge is 0.313 e. The van der Waals surface area contributed by atoms with Crippen LogP contribution in [0.1, 0.15) is 19.4 Å². The highest BCUT2D eigenvalue weighted by molar-refractivity contribution is 6.18. The highest BCUT2D eigenvalue weighted by Crippen LogP contribution is 2.38. The van der Waals surface area contributed by atoms with Gasteiger partial charge >= 0.3 is 6.03 Å². The maximum absolute atomic E-state index is 13.7. The summed E-state index contributed by atoms with van der Waals surface area (Å²) < 4.78 is 0. The maximum Gasteiger partial charge on any atom is 0.328 e. The predicted molar refractivity (Wildman–Crippen MR) is 120 cm³/mol. The molecule has 1 fully saturated rings. The SMILES string of the molecule is CC1=C(C)N2C(=NC3C2C(=O)N(Cc2cccc4ccccc24)C(=O)N3C)N1CCCl. The number of carbonyl (C=O) groups is 2. The second-order valence-corrected chi connectivity index (χ2v) is 8.50. The van der Waals surface area contributed by atoms with E-state index < -0.39 is 12.2 Å². The van der Waals surface area contributed by atoms with Crippen molar-refractivity contribution in [1.29, 1.82) is 0 Å². The number of halogens is 1. The van der Waals surface area contributed by atoms with E-state index in [0.717, 1.165) is 27.7 Å². The van der Waals surface area contributed by atoms with Crippen molar-refractivity contribution in [2.75, 3.05) is 19.5 Å². The van der Waals surface area contributed by atoms with Crippen LogP contribution in [0.15, 0.2) is 58.9 Å². The molecule has 3 aliphatic rings. The molecule has 8 heteroatoms. The average molecular weight is 438 g/mol. The molecule has 2 atom stereocenters. The van der Waals surface area contributed by atoms with Gasteiger partial charge in [-0.2, -0.15) is 0 Å². The van der Waals surface area contributed by atoms with Gasteiger partial charge in [0, 0.05) is 30.9 Å². The molecule has 0 bridgehead atoms. The number of benzene rings is 2. The number of amides is 3. The molecule has 2 aromatic carbocycles. The van der Waals surface area contributed by atoms with Crippen LogP contribution in [0.4, 0.5) is 4.79 Å². The van der Waals surface area contributed by atoms with E-state index in [1.807, 2.05) is 66.1 Å². The van der Waals surface area contributed by atoms with E-state index in [0.29, 0.717) is 18.4 Å². The molecule has 5 rings (SSSR count). The van der Waals surface area contributed by atoms with Gasteiger partial charge in [-0.3, -0.25) is 14.6 Å². The summed E-state index contributed by atoms with van der Waals surface area (Å²) in [6.07, 6.45) is -0.542. The lowest BCUT2D eigenvalue weighted by molar-refractivity contribution is -0.137. The van der Waals surface area contributed by atoms with Crippen molar-refractivity contribution in [3.8, 4) is 0 Å². The van der Waals surface area contributed by atoms with Crippen molar-refractivity contribution in [3.63, 3.8) is 0 Å². The second-order valence-electron chi connectivity index (χ2n) is 8.13. The van der Waals surface area contributed by atoms with Crippen molar-refractivity contribution in [2.45, 2.75) is 32.6 Å². The van der Waals surface area contributed by atoms with Crippen molar-refractivity contribution >= 4 is 40.3 Å². The first-order chi connectivity index (χ1) is 14.9. The monoisotopic (exact) mass is 437 g/mol. The number of likely N-dealkylation sites (N-methyl/N-ethyl adjacent to an activating group) is 1. The zero-order chi connectivity index (χ0) is 21.9. The van der Waals surface area contributed by atoms with Crippen LogP contribution in [0, 0.1) is 0 Å². The van der Waals surface area contributed by atoms with Crippen LogP contribution in [-0.4, -0.2) is 69.2 Å². The van der Waals surface area contributed by atoms with Gasteiger partial charge in [0.15, 0.2) is 12.2 Å². The fourth-order valence-electron chi connectivity index (χ4n) is 4.78. The number of imide groups is 1. The fourth-order valence-corrected chi connectivity index (χ4v) is 4.95. The minimum Gasteiger partial charge on any atom is -0.313 e. The number of nitrogens with zero attached hydrogens (tertiary/aromatic N) is 5. The van der Waals surface area contributed by atoms with Crippen LogP contribution in [-0.2, 0) is 11.3 Å². The van der Waals surface area contributed by atoms with Crippen molar-refractivity contribution in [1.82, 2.24) is 19.6 Å². The summed E-state index contributed by atoms with van der Waals surface area (Å²) in [5, 5.41) is 2.13. The largest absolute Gasteiger partial charge is 0.328 e. The van der Waals surface area contributed by atoms with Gasteiger partial charge in [-0.15, -0.1) is 11.6 Å². The standard InChI is InChI=1S/C23H24ClN5O2/c1-14-15(2)29-19-20(25-22(29)27(14)12-11-24)26(3)23(31)28(21(19)30)13-17-9-6-8-16-7-4-5-10-18(16)17/h4-10,19-20H,11-13H2,1-3H3. The Labute approximate surface area is 186 Å². The molecule has 0 radical (unpaired) electrons. The first kappa shape index (κ1) is 19.9.